The highest BCUT2D eigenvalue weighted by Crippen LogP contribution is 2.26. The van der Waals surface area contributed by atoms with E-state index in [1.807, 2.05) is 12.1 Å². The second kappa shape index (κ2) is 6.68. The van der Waals surface area contributed by atoms with Gasteiger partial charge in [-0.2, -0.15) is 5.26 Å². The van der Waals surface area contributed by atoms with Crippen molar-refractivity contribution in [1.29, 1.82) is 5.26 Å². The summed E-state index contributed by atoms with van der Waals surface area (Å²) in [6.45, 7) is 0.249. The maximum atomic E-state index is 13.8. The third-order valence-corrected chi connectivity index (χ3v) is 4.00. The Bertz CT molecular complexity index is 1160. The second-order valence-electron chi connectivity index (χ2n) is 5.67. The van der Waals surface area contributed by atoms with E-state index in [2.05, 4.69) is 25.3 Å². The maximum absolute atomic E-state index is 13.8. The second-order valence-corrected chi connectivity index (χ2v) is 5.67. The summed E-state index contributed by atoms with van der Waals surface area (Å²) in [5, 5.41) is 12.3. The Morgan fingerprint density at radius 3 is 2.93 bits per heavy atom. The minimum absolute atomic E-state index is 0.0968. The van der Waals surface area contributed by atoms with Crippen molar-refractivity contribution in [3.05, 3.63) is 66.3 Å². The number of halogens is 1. The molecule has 0 bridgehead atoms. The molecule has 0 saturated heterocycles. The molecule has 132 valence electrons. The van der Waals surface area contributed by atoms with Crippen LogP contribution in [0.5, 0.6) is 0 Å². The molecule has 9 heteroatoms. The lowest BCUT2D eigenvalue weighted by molar-refractivity contribution is 0.619. The van der Waals surface area contributed by atoms with Gasteiger partial charge in [0.1, 0.15) is 41.1 Å². The zero-order chi connectivity index (χ0) is 18.8. The fourth-order valence-corrected chi connectivity index (χ4v) is 2.81. The van der Waals surface area contributed by atoms with Crippen LogP contribution in [0.15, 0.2) is 49.2 Å². The summed E-state index contributed by atoms with van der Waals surface area (Å²) in [4.78, 5) is 16.6. The molecule has 8 nitrogen and oxygen atoms in total. The molecule has 0 radical (unpaired) electrons. The first-order valence-corrected chi connectivity index (χ1v) is 7.98. The average molecular weight is 360 g/mol. The predicted molar refractivity (Wildman–Crippen MR) is 96.9 cm³/mol. The van der Waals surface area contributed by atoms with Gasteiger partial charge in [0, 0.05) is 24.2 Å². The van der Waals surface area contributed by atoms with Gasteiger partial charge in [0.05, 0.1) is 17.9 Å². The highest BCUT2D eigenvalue weighted by Gasteiger charge is 2.16. The Morgan fingerprint density at radius 1 is 1.26 bits per heavy atom. The predicted octanol–water partition coefficient (Wildman–Crippen LogP) is 2.39. The van der Waals surface area contributed by atoms with Crippen LogP contribution >= 0.6 is 0 Å². The van der Waals surface area contributed by atoms with Crippen molar-refractivity contribution in [2.75, 3.05) is 11.1 Å². The van der Waals surface area contributed by atoms with E-state index >= 15 is 0 Å². The van der Waals surface area contributed by atoms with Crippen molar-refractivity contribution in [3.8, 4) is 17.3 Å². The third kappa shape index (κ3) is 3.00. The smallest absolute Gasteiger partial charge is 0.149 e. The normalized spacial score (nSPS) is 10.7. The van der Waals surface area contributed by atoms with Gasteiger partial charge in [-0.15, -0.1) is 0 Å². The SMILES string of the molecule is N#Cc1c(N)ncnc1NCc1nc2ccc(F)cn2c1-c1cccnc1. The quantitative estimate of drug-likeness (QED) is 0.573. The molecule has 4 aromatic rings. The highest BCUT2D eigenvalue weighted by molar-refractivity contribution is 5.68. The first-order chi connectivity index (χ1) is 13.2. The van der Waals surface area contributed by atoms with E-state index in [1.54, 1.807) is 28.9 Å². The minimum atomic E-state index is -0.375. The topological polar surface area (TPSA) is 118 Å². The van der Waals surface area contributed by atoms with E-state index in [0.717, 1.165) is 5.56 Å². The summed E-state index contributed by atoms with van der Waals surface area (Å²) in [7, 11) is 0. The number of nitrogen functional groups attached to an aromatic ring is 1. The third-order valence-electron chi connectivity index (χ3n) is 4.00. The average Bonchev–Trinajstić information content (AvgIpc) is 3.04. The van der Waals surface area contributed by atoms with Crippen molar-refractivity contribution < 1.29 is 4.39 Å². The standard InChI is InChI=1S/C18H13FN8/c19-12-3-4-15-26-14(8-23-18-13(6-20)17(21)24-10-25-18)16(27(15)9-12)11-2-1-5-22-7-11/h1-5,7,9-10H,8H2,(H3,21,23,24,25). The summed E-state index contributed by atoms with van der Waals surface area (Å²) < 4.78 is 15.5. The molecular weight excluding hydrogens is 347 g/mol. The minimum Gasteiger partial charge on any atom is -0.382 e. The molecule has 0 spiro atoms. The lowest BCUT2D eigenvalue weighted by Crippen LogP contribution is -2.07. The number of rotatable bonds is 4. The molecule has 0 fully saturated rings. The maximum Gasteiger partial charge on any atom is 0.149 e. The summed E-state index contributed by atoms with van der Waals surface area (Å²) in [6.07, 6.45) is 5.99. The van der Waals surface area contributed by atoms with Gasteiger partial charge in [-0.05, 0) is 24.3 Å². The van der Waals surface area contributed by atoms with Crippen molar-refractivity contribution in [1.82, 2.24) is 24.3 Å². The number of nitrogens with zero attached hydrogens (tertiary/aromatic N) is 6. The summed E-state index contributed by atoms with van der Waals surface area (Å²) in [5.41, 5.74) is 8.61. The number of hydrogen-bond acceptors (Lipinski definition) is 7. The van der Waals surface area contributed by atoms with Crippen LogP contribution in [0.2, 0.25) is 0 Å². The zero-order valence-corrected chi connectivity index (χ0v) is 14.0. The van der Waals surface area contributed by atoms with Crippen molar-refractivity contribution in [3.63, 3.8) is 0 Å². The molecule has 0 unspecified atom stereocenters. The van der Waals surface area contributed by atoms with Gasteiger partial charge >= 0.3 is 0 Å². The first kappa shape index (κ1) is 16.4. The summed E-state index contributed by atoms with van der Waals surface area (Å²) >= 11 is 0. The van der Waals surface area contributed by atoms with Gasteiger partial charge in [0.25, 0.3) is 0 Å². The van der Waals surface area contributed by atoms with E-state index in [4.69, 9.17) is 5.73 Å². The van der Waals surface area contributed by atoms with Crippen LogP contribution in [0.3, 0.4) is 0 Å². The van der Waals surface area contributed by atoms with E-state index < -0.39 is 0 Å². The molecular formula is C18H13FN8. The lowest BCUT2D eigenvalue weighted by atomic mass is 10.1. The van der Waals surface area contributed by atoms with E-state index in [1.165, 1.54) is 18.6 Å². The molecule has 0 aromatic carbocycles. The zero-order valence-electron chi connectivity index (χ0n) is 14.0. The number of imidazole rings is 1. The molecule has 0 aliphatic carbocycles. The molecule has 27 heavy (non-hydrogen) atoms. The molecule has 0 atom stereocenters. The molecule has 0 saturated carbocycles. The lowest BCUT2D eigenvalue weighted by Gasteiger charge is -2.09. The van der Waals surface area contributed by atoms with E-state index in [9.17, 15) is 9.65 Å². The number of nitrogens with two attached hydrogens (primary N) is 1. The Morgan fingerprint density at radius 2 is 2.15 bits per heavy atom. The Balaban J connectivity index is 1.79. The molecule has 4 rings (SSSR count). The largest absolute Gasteiger partial charge is 0.382 e. The summed E-state index contributed by atoms with van der Waals surface area (Å²) in [5.74, 6) is 0.0322. The fraction of sp³-hybridized carbons (Fsp3) is 0.0556. The van der Waals surface area contributed by atoms with E-state index in [-0.39, 0.29) is 23.7 Å². The number of fused-ring (bicyclic) bond motifs is 1. The van der Waals surface area contributed by atoms with E-state index in [0.29, 0.717) is 22.9 Å². The van der Waals surface area contributed by atoms with Crippen LogP contribution in [0.4, 0.5) is 16.0 Å². The number of aromatic nitrogens is 5. The van der Waals surface area contributed by atoms with Crippen LogP contribution in [0.25, 0.3) is 16.9 Å². The van der Waals surface area contributed by atoms with Crippen LogP contribution < -0.4 is 11.1 Å². The van der Waals surface area contributed by atoms with Crippen LogP contribution in [-0.2, 0) is 6.54 Å². The highest BCUT2D eigenvalue weighted by atomic mass is 19.1. The van der Waals surface area contributed by atoms with Crippen molar-refractivity contribution in [2.45, 2.75) is 6.54 Å². The fourth-order valence-electron chi connectivity index (χ4n) is 2.81. The molecule has 0 amide bonds. The number of nitriles is 1. The first-order valence-electron chi connectivity index (χ1n) is 7.98. The number of pyridine rings is 2. The van der Waals surface area contributed by atoms with Gasteiger partial charge in [0.2, 0.25) is 0 Å². The van der Waals surface area contributed by atoms with Crippen LogP contribution in [-0.4, -0.2) is 24.3 Å². The Labute approximate surface area is 153 Å². The monoisotopic (exact) mass is 360 g/mol. The molecule has 4 aromatic heterocycles. The summed E-state index contributed by atoms with van der Waals surface area (Å²) in [6, 6.07) is 8.60. The molecule has 0 aliphatic heterocycles. The van der Waals surface area contributed by atoms with Gasteiger partial charge in [-0.3, -0.25) is 9.38 Å². The molecule has 4 heterocycles. The number of hydrogen-bond donors (Lipinski definition) is 2. The molecule has 0 aliphatic rings. The Kier molecular flexibility index (Phi) is 4.06. The molecule has 3 N–H and O–H groups in total. The van der Waals surface area contributed by atoms with Gasteiger partial charge < -0.3 is 11.1 Å². The number of nitrogens with one attached hydrogen (secondary N) is 1. The van der Waals surface area contributed by atoms with Gasteiger partial charge in [-0.1, -0.05) is 0 Å². The Hall–Kier alpha value is -4.06. The van der Waals surface area contributed by atoms with Crippen molar-refractivity contribution in [2.24, 2.45) is 0 Å². The van der Waals surface area contributed by atoms with Gasteiger partial charge in [0.15, 0.2) is 0 Å². The number of anilines is 2. The van der Waals surface area contributed by atoms with Gasteiger partial charge in [-0.25, -0.2) is 19.3 Å². The van der Waals surface area contributed by atoms with Crippen LogP contribution in [0.1, 0.15) is 11.3 Å². The van der Waals surface area contributed by atoms with Crippen LogP contribution in [0, 0.1) is 17.1 Å². The van der Waals surface area contributed by atoms with Crippen molar-refractivity contribution >= 4 is 17.3 Å².